The van der Waals surface area contributed by atoms with E-state index >= 15 is 0 Å². The Labute approximate surface area is 143 Å². The number of carbonyl (C=O) groups is 1. The van der Waals surface area contributed by atoms with Crippen LogP contribution in [0.15, 0.2) is 34.8 Å². The molecule has 0 saturated carbocycles. The fourth-order valence-corrected chi connectivity index (χ4v) is 2.96. The van der Waals surface area contributed by atoms with Gasteiger partial charge in [-0.15, -0.1) is 0 Å². The van der Waals surface area contributed by atoms with Crippen LogP contribution in [0, 0.1) is 13.8 Å². The van der Waals surface area contributed by atoms with Gasteiger partial charge in [0.1, 0.15) is 13.2 Å². The molecule has 0 radical (unpaired) electrons. The molecule has 1 N–H and O–H groups in total. The Hall–Kier alpha value is -2.01. The number of nitrogens with one attached hydrogen (secondary N) is 1. The highest BCUT2D eigenvalue weighted by molar-refractivity contribution is 9.10. The van der Waals surface area contributed by atoms with Gasteiger partial charge in [0.25, 0.3) is 0 Å². The number of hydrogen-bond acceptors (Lipinski definition) is 3. The first-order valence-corrected chi connectivity index (χ1v) is 8.28. The summed E-state index contributed by atoms with van der Waals surface area (Å²) in [5.74, 6) is 1.34. The monoisotopic (exact) mass is 375 g/mol. The zero-order valence-electron chi connectivity index (χ0n) is 13.1. The molecule has 0 fully saturated rings. The van der Waals surface area contributed by atoms with Gasteiger partial charge in [0.15, 0.2) is 11.5 Å². The Kier molecular flexibility index (Phi) is 4.57. The second-order valence-electron chi connectivity index (χ2n) is 5.56. The van der Waals surface area contributed by atoms with E-state index in [4.69, 9.17) is 9.47 Å². The van der Waals surface area contributed by atoms with Crippen molar-refractivity contribution in [3.05, 3.63) is 51.5 Å². The average molecular weight is 376 g/mol. The van der Waals surface area contributed by atoms with Crippen LogP contribution in [0.2, 0.25) is 0 Å². The molecule has 1 amide bonds. The number of anilines is 1. The summed E-state index contributed by atoms with van der Waals surface area (Å²) in [4.78, 5) is 12.4. The van der Waals surface area contributed by atoms with Gasteiger partial charge in [-0.2, -0.15) is 0 Å². The number of aryl methyl sites for hydroxylation is 1. The Balaban J connectivity index is 1.76. The molecule has 0 unspecified atom stereocenters. The molecule has 3 rings (SSSR count). The van der Waals surface area contributed by atoms with E-state index in [0.29, 0.717) is 24.7 Å². The highest BCUT2D eigenvalue weighted by Crippen LogP contribution is 2.35. The highest BCUT2D eigenvalue weighted by atomic mass is 79.9. The molecule has 4 nitrogen and oxygen atoms in total. The van der Waals surface area contributed by atoms with E-state index in [1.165, 1.54) is 0 Å². The molecule has 120 valence electrons. The zero-order valence-corrected chi connectivity index (χ0v) is 14.7. The Morgan fingerprint density at radius 2 is 1.87 bits per heavy atom. The molecule has 0 aliphatic carbocycles. The fraction of sp³-hybridized carbons (Fsp3) is 0.278. The maximum atomic E-state index is 12.4. The number of rotatable bonds is 3. The van der Waals surface area contributed by atoms with Gasteiger partial charge in [-0.25, -0.2) is 0 Å². The summed E-state index contributed by atoms with van der Waals surface area (Å²) < 4.78 is 12.0. The SMILES string of the molecule is Cc1cccc(NC(=O)Cc2cc3c(cc2Br)OCCO3)c1C. The summed E-state index contributed by atoms with van der Waals surface area (Å²) in [6.07, 6.45) is 0.268. The minimum absolute atomic E-state index is 0.0592. The summed E-state index contributed by atoms with van der Waals surface area (Å²) in [5, 5.41) is 2.97. The molecule has 5 heteroatoms. The maximum Gasteiger partial charge on any atom is 0.228 e. The second kappa shape index (κ2) is 6.62. The molecule has 1 aliphatic rings. The average Bonchev–Trinajstić information content (AvgIpc) is 2.52. The topological polar surface area (TPSA) is 47.6 Å². The molecular weight excluding hydrogens is 358 g/mol. The zero-order chi connectivity index (χ0) is 16.4. The van der Waals surface area contributed by atoms with Gasteiger partial charge >= 0.3 is 0 Å². The summed E-state index contributed by atoms with van der Waals surface area (Å²) in [6, 6.07) is 9.61. The van der Waals surface area contributed by atoms with E-state index in [1.807, 2.05) is 44.2 Å². The van der Waals surface area contributed by atoms with Crippen LogP contribution in [0.25, 0.3) is 0 Å². The first-order chi connectivity index (χ1) is 11.0. The molecule has 0 aromatic heterocycles. The number of halogens is 1. The van der Waals surface area contributed by atoms with Gasteiger partial charge in [0.05, 0.1) is 6.42 Å². The van der Waals surface area contributed by atoms with Crippen molar-refractivity contribution in [3.63, 3.8) is 0 Å². The third kappa shape index (κ3) is 3.50. The number of hydrogen-bond donors (Lipinski definition) is 1. The number of ether oxygens (including phenoxy) is 2. The normalized spacial score (nSPS) is 12.8. The van der Waals surface area contributed by atoms with Crippen LogP contribution in [-0.4, -0.2) is 19.1 Å². The Bertz CT molecular complexity index is 758. The Morgan fingerprint density at radius 1 is 1.17 bits per heavy atom. The second-order valence-corrected chi connectivity index (χ2v) is 6.41. The largest absolute Gasteiger partial charge is 0.486 e. The van der Waals surface area contributed by atoms with Crippen molar-refractivity contribution in [1.82, 2.24) is 0 Å². The minimum atomic E-state index is -0.0592. The molecule has 0 saturated heterocycles. The molecule has 1 heterocycles. The van der Waals surface area contributed by atoms with Crippen molar-refractivity contribution in [2.45, 2.75) is 20.3 Å². The van der Waals surface area contributed by atoms with Gasteiger partial charge in [-0.1, -0.05) is 28.1 Å². The van der Waals surface area contributed by atoms with E-state index < -0.39 is 0 Å². The van der Waals surface area contributed by atoms with Crippen LogP contribution in [0.1, 0.15) is 16.7 Å². The van der Waals surface area contributed by atoms with Crippen LogP contribution < -0.4 is 14.8 Å². The summed E-state index contributed by atoms with van der Waals surface area (Å²) >= 11 is 3.50. The molecule has 0 bridgehead atoms. The van der Waals surface area contributed by atoms with Crippen LogP contribution >= 0.6 is 15.9 Å². The standard InChI is InChI=1S/C18H18BrNO3/c1-11-4-3-5-15(12(11)2)20-18(21)9-13-8-16-17(10-14(13)19)23-7-6-22-16/h3-5,8,10H,6-7,9H2,1-2H3,(H,20,21). The van der Waals surface area contributed by atoms with E-state index in [0.717, 1.165) is 26.9 Å². The van der Waals surface area contributed by atoms with Crippen LogP contribution in [0.4, 0.5) is 5.69 Å². The smallest absolute Gasteiger partial charge is 0.228 e. The lowest BCUT2D eigenvalue weighted by atomic mass is 10.1. The molecular formula is C18H18BrNO3. The van der Waals surface area contributed by atoms with Crippen molar-refractivity contribution in [3.8, 4) is 11.5 Å². The van der Waals surface area contributed by atoms with Crippen molar-refractivity contribution in [2.24, 2.45) is 0 Å². The predicted molar refractivity (Wildman–Crippen MR) is 93.4 cm³/mol. The van der Waals surface area contributed by atoms with Gasteiger partial charge in [-0.05, 0) is 48.7 Å². The van der Waals surface area contributed by atoms with Crippen molar-refractivity contribution < 1.29 is 14.3 Å². The van der Waals surface area contributed by atoms with Crippen LogP contribution in [0.3, 0.4) is 0 Å². The lowest BCUT2D eigenvalue weighted by Crippen LogP contribution is -2.18. The number of fused-ring (bicyclic) bond motifs is 1. The molecule has 23 heavy (non-hydrogen) atoms. The fourth-order valence-electron chi connectivity index (χ4n) is 2.50. The predicted octanol–water partition coefficient (Wildman–Crippen LogP) is 4.02. The van der Waals surface area contributed by atoms with Gasteiger partial charge in [-0.3, -0.25) is 4.79 Å². The van der Waals surface area contributed by atoms with E-state index in [-0.39, 0.29) is 12.3 Å². The van der Waals surface area contributed by atoms with Gasteiger partial charge in [0.2, 0.25) is 5.91 Å². The molecule has 2 aromatic rings. The van der Waals surface area contributed by atoms with Crippen LogP contribution in [-0.2, 0) is 11.2 Å². The van der Waals surface area contributed by atoms with E-state index in [1.54, 1.807) is 0 Å². The quantitative estimate of drug-likeness (QED) is 0.880. The molecule has 2 aromatic carbocycles. The summed E-state index contributed by atoms with van der Waals surface area (Å²) in [6.45, 7) is 5.11. The van der Waals surface area contributed by atoms with Crippen LogP contribution in [0.5, 0.6) is 11.5 Å². The Morgan fingerprint density at radius 3 is 2.61 bits per heavy atom. The lowest BCUT2D eigenvalue weighted by molar-refractivity contribution is -0.115. The first kappa shape index (κ1) is 15.9. The highest BCUT2D eigenvalue weighted by Gasteiger charge is 2.17. The molecule has 1 aliphatic heterocycles. The lowest BCUT2D eigenvalue weighted by Gasteiger charge is -2.20. The van der Waals surface area contributed by atoms with E-state index in [9.17, 15) is 4.79 Å². The third-order valence-corrected chi connectivity index (χ3v) is 4.68. The maximum absolute atomic E-state index is 12.4. The van der Waals surface area contributed by atoms with Crippen molar-refractivity contribution in [1.29, 1.82) is 0 Å². The number of benzene rings is 2. The van der Waals surface area contributed by atoms with E-state index in [2.05, 4.69) is 21.2 Å². The summed E-state index contributed by atoms with van der Waals surface area (Å²) in [7, 11) is 0. The van der Waals surface area contributed by atoms with Crippen molar-refractivity contribution in [2.75, 3.05) is 18.5 Å². The first-order valence-electron chi connectivity index (χ1n) is 7.48. The molecule has 0 atom stereocenters. The minimum Gasteiger partial charge on any atom is -0.486 e. The van der Waals surface area contributed by atoms with Gasteiger partial charge in [0, 0.05) is 10.2 Å². The molecule has 0 spiro atoms. The third-order valence-electron chi connectivity index (χ3n) is 3.94. The van der Waals surface area contributed by atoms with Gasteiger partial charge < -0.3 is 14.8 Å². The number of amides is 1. The van der Waals surface area contributed by atoms with Crippen molar-refractivity contribution >= 4 is 27.5 Å². The number of carbonyl (C=O) groups excluding carboxylic acids is 1. The summed E-state index contributed by atoms with van der Waals surface area (Å²) in [5.41, 5.74) is 3.96.